The summed E-state index contributed by atoms with van der Waals surface area (Å²) in [5.41, 5.74) is 1.21. The Morgan fingerprint density at radius 1 is 1.03 bits per heavy atom. The summed E-state index contributed by atoms with van der Waals surface area (Å²) < 4.78 is 55.8. The van der Waals surface area contributed by atoms with Crippen molar-refractivity contribution in [3.8, 4) is 17.0 Å². The Bertz CT molecular complexity index is 1040. The van der Waals surface area contributed by atoms with E-state index in [0.717, 1.165) is 0 Å². The summed E-state index contributed by atoms with van der Waals surface area (Å²) in [5.74, 6) is -0.204. The van der Waals surface area contributed by atoms with Gasteiger partial charge in [0.1, 0.15) is 17.4 Å². The zero-order valence-corrected chi connectivity index (χ0v) is 17.5. The van der Waals surface area contributed by atoms with Crippen LogP contribution in [-0.2, 0) is 0 Å². The Morgan fingerprint density at radius 3 is 2.47 bits per heavy atom. The van der Waals surface area contributed by atoms with Gasteiger partial charge in [0.05, 0.1) is 10.2 Å². The summed E-state index contributed by atoms with van der Waals surface area (Å²) in [7, 11) is 0. The average molecular weight is 485 g/mol. The van der Waals surface area contributed by atoms with Gasteiger partial charge in [0.2, 0.25) is 5.95 Å². The monoisotopic (exact) mass is 484 g/mol. The summed E-state index contributed by atoms with van der Waals surface area (Å²) in [5, 5.41) is 6.04. The molecule has 1 aromatic heterocycles. The maximum Gasteiger partial charge on any atom is 0.573 e. The molecule has 0 saturated heterocycles. The summed E-state index contributed by atoms with van der Waals surface area (Å²) in [6, 6.07) is 11.5. The van der Waals surface area contributed by atoms with Crippen LogP contribution in [0.25, 0.3) is 11.3 Å². The van der Waals surface area contributed by atoms with Crippen molar-refractivity contribution in [3.05, 3.63) is 58.8 Å². The molecular formula is C20H17BrF4N4O. The molecule has 3 aromatic rings. The second kappa shape index (κ2) is 8.86. The fourth-order valence-corrected chi connectivity index (χ4v) is 2.80. The van der Waals surface area contributed by atoms with Crippen LogP contribution >= 0.6 is 15.9 Å². The van der Waals surface area contributed by atoms with Crippen molar-refractivity contribution in [1.29, 1.82) is 0 Å². The van der Waals surface area contributed by atoms with Crippen molar-refractivity contribution in [1.82, 2.24) is 9.97 Å². The summed E-state index contributed by atoms with van der Waals surface area (Å²) in [4.78, 5) is 8.72. The zero-order chi connectivity index (χ0) is 21.9. The van der Waals surface area contributed by atoms with E-state index >= 15 is 0 Å². The third-order valence-corrected chi connectivity index (χ3v) is 4.34. The molecule has 2 aromatic carbocycles. The topological polar surface area (TPSA) is 59.1 Å². The molecule has 5 nitrogen and oxygen atoms in total. The van der Waals surface area contributed by atoms with Gasteiger partial charge in [0.15, 0.2) is 0 Å². The van der Waals surface area contributed by atoms with E-state index in [-0.39, 0.29) is 17.7 Å². The van der Waals surface area contributed by atoms with E-state index in [1.54, 1.807) is 24.3 Å². The fraction of sp³-hybridized carbons (Fsp3) is 0.200. The Kier molecular flexibility index (Phi) is 6.45. The van der Waals surface area contributed by atoms with Crippen molar-refractivity contribution in [2.24, 2.45) is 0 Å². The quantitative estimate of drug-likeness (QED) is 0.390. The number of hydrogen-bond donors (Lipinski definition) is 2. The van der Waals surface area contributed by atoms with E-state index in [2.05, 4.69) is 41.3 Å². The first kappa shape index (κ1) is 21.8. The van der Waals surface area contributed by atoms with Crippen LogP contribution in [0.2, 0.25) is 0 Å². The third-order valence-electron chi connectivity index (χ3n) is 3.70. The van der Waals surface area contributed by atoms with Gasteiger partial charge in [-0.25, -0.2) is 9.37 Å². The van der Waals surface area contributed by atoms with Crippen molar-refractivity contribution >= 4 is 33.4 Å². The van der Waals surface area contributed by atoms with Gasteiger partial charge in [0, 0.05) is 23.4 Å². The number of halogens is 5. The Labute approximate surface area is 178 Å². The summed E-state index contributed by atoms with van der Waals surface area (Å²) in [6.45, 7) is 3.79. The first-order chi connectivity index (χ1) is 14.1. The van der Waals surface area contributed by atoms with Crippen molar-refractivity contribution in [2.75, 3.05) is 10.6 Å². The number of aromatic nitrogens is 2. The zero-order valence-electron chi connectivity index (χ0n) is 15.9. The first-order valence-corrected chi connectivity index (χ1v) is 9.62. The maximum absolute atomic E-state index is 13.8. The number of nitrogens with zero attached hydrogens (tertiary/aromatic N) is 2. The number of nitrogens with one attached hydrogen (secondary N) is 2. The van der Waals surface area contributed by atoms with E-state index in [0.29, 0.717) is 27.2 Å². The molecule has 158 valence electrons. The van der Waals surface area contributed by atoms with Crippen molar-refractivity contribution in [3.63, 3.8) is 0 Å². The smallest absolute Gasteiger partial charge is 0.406 e. The standard InChI is InChI=1S/C20H17BrF4N4O/c1-11(2)26-19-28-17(12-4-3-5-14(8-12)30-20(23,24)25)10-18(29-19)27-13-6-7-15(21)16(22)9-13/h3-11H,1-2H3,(H2,26,27,28,29). The molecule has 0 aliphatic heterocycles. The molecule has 0 unspecified atom stereocenters. The van der Waals surface area contributed by atoms with Crippen molar-refractivity contribution in [2.45, 2.75) is 26.3 Å². The van der Waals surface area contributed by atoms with Gasteiger partial charge >= 0.3 is 6.36 Å². The Balaban J connectivity index is 1.98. The Hall–Kier alpha value is -2.88. The van der Waals surface area contributed by atoms with Crippen LogP contribution in [0.5, 0.6) is 5.75 Å². The number of anilines is 3. The second-order valence-electron chi connectivity index (χ2n) is 6.59. The normalized spacial score (nSPS) is 11.5. The highest BCUT2D eigenvalue weighted by Gasteiger charge is 2.31. The summed E-state index contributed by atoms with van der Waals surface area (Å²) >= 11 is 3.09. The molecule has 0 saturated carbocycles. The first-order valence-electron chi connectivity index (χ1n) is 8.83. The molecule has 0 fully saturated rings. The van der Waals surface area contributed by atoms with Crippen LogP contribution in [0.3, 0.4) is 0 Å². The average Bonchev–Trinajstić information content (AvgIpc) is 2.63. The van der Waals surface area contributed by atoms with E-state index in [9.17, 15) is 17.6 Å². The predicted molar refractivity (Wildman–Crippen MR) is 110 cm³/mol. The molecule has 1 heterocycles. The highest BCUT2D eigenvalue weighted by molar-refractivity contribution is 9.10. The number of rotatable bonds is 6. The van der Waals surface area contributed by atoms with Gasteiger partial charge < -0.3 is 15.4 Å². The highest BCUT2D eigenvalue weighted by Crippen LogP contribution is 2.30. The molecule has 0 spiro atoms. The molecule has 0 radical (unpaired) electrons. The SMILES string of the molecule is CC(C)Nc1nc(Nc2ccc(Br)c(F)c2)cc(-c2cccc(OC(F)(F)F)c2)n1. The van der Waals surface area contributed by atoms with Crippen LogP contribution in [0, 0.1) is 5.82 Å². The lowest BCUT2D eigenvalue weighted by atomic mass is 10.1. The lowest BCUT2D eigenvalue weighted by Crippen LogP contribution is -2.17. The molecule has 0 atom stereocenters. The fourth-order valence-electron chi connectivity index (χ4n) is 2.56. The van der Waals surface area contributed by atoms with Gasteiger partial charge in [-0.1, -0.05) is 12.1 Å². The van der Waals surface area contributed by atoms with Gasteiger partial charge in [-0.2, -0.15) is 4.98 Å². The Morgan fingerprint density at radius 2 is 1.80 bits per heavy atom. The minimum atomic E-state index is -4.80. The molecule has 30 heavy (non-hydrogen) atoms. The molecular weight excluding hydrogens is 468 g/mol. The van der Waals surface area contributed by atoms with Crippen molar-refractivity contribution < 1.29 is 22.3 Å². The largest absolute Gasteiger partial charge is 0.573 e. The number of alkyl halides is 3. The molecule has 0 bridgehead atoms. The second-order valence-corrected chi connectivity index (χ2v) is 7.44. The number of hydrogen-bond acceptors (Lipinski definition) is 5. The predicted octanol–water partition coefficient (Wildman–Crippen LogP) is 6.51. The van der Waals surface area contributed by atoms with E-state index in [1.165, 1.54) is 24.3 Å². The highest BCUT2D eigenvalue weighted by atomic mass is 79.9. The van der Waals surface area contributed by atoms with E-state index in [4.69, 9.17) is 0 Å². The molecule has 3 rings (SSSR count). The van der Waals surface area contributed by atoms with Crippen LogP contribution in [0.4, 0.5) is 35.0 Å². The van der Waals surface area contributed by atoms with Crippen LogP contribution in [0.1, 0.15) is 13.8 Å². The minimum absolute atomic E-state index is 0.0122. The minimum Gasteiger partial charge on any atom is -0.406 e. The maximum atomic E-state index is 13.8. The van der Waals surface area contributed by atoms with Gasteiger partial charge in [0.25, 0.3) is 0 Å². The van der Waals surface area contributed by atoms with Gasteiger partial charge in [-0.3, -0.25) is 0 Å². The van der Waals surface area contributed by atoms with E-state index in [1.807, 2.05) is 13.8 Å². The van der Waals surface area contributed by atoms with E-state index < -0.39 is 12.2 Å². The van der Waals surface area contributed by atoms with Crippen LogP contribution in [-0.4, -0.2) is 22.4 Å². The number of benzene rings is 2. The van der Waals surface area contributed by atoms with Crippen LogP contribution < -0.4 is 15.4 Å². The lowest BCUT2D eigenvalue weighted by molar-refractivity contribution is -0.274. The molecule has 0 aliphatic carbocycles. The lowest BCUT2D eigenvalue weighted by Gasteiger charge is -2.14. The third kappa shape index (κ3) is 6.06. The van der Waals surface area contributed by atoms with Crippen LogP contribution in [0.15, 0.2) is 53.0 Å². The summed E-state index contributed by atoms with van der Waals surface area (Å²) in [6.07, 6.45) is -4.80. The van der Waals surface area contributed by atoms with Gasteiger partial charge in [-0.05, 0) is 60.1 Å². The molecule has 0 amide bonds. The molecule has 0 aliphatic rings. The molecule has 2 N–H and O–H groups in total. The van der Waals surface area contributed by atoms with Gasteiger partial charge in [-0.15, -0.1) is 13.2 Å². The number of ether oxygens (including phenoxy) is 1. The molecule has 10 heteroatoms.